The Kier molecular flexibility index (Phi) is 4.34. The summed E-state index contributed by atoms with van der Waals surface area (Å²) in [6, 6.07) is 19.1. The molecule has 4 rings (SSSR count). The van der Waals surface area contributed by atoms with Gasteiger partial charge in [0.25, 0.3) is 5.91 Å². The summed E-state index contributed by atoms with van der Waals surface area (Å²) >= 11 is 0. The molecule has 0 unspecified atom stereocenters. The molecule has 0 fully saturated rings. The normalized spacial score (nSPS) is 10.7. The first-order valence-electron chi connectivity index (χ1n) is 8.50. The summed E-state index contributed by atoms with van der Waals surface area (Å²) in [6.07, 6.45) is 1.72. The number of hydrogen-bond donors (Lipinski definition) is 1. The molecule has 0 aliphatic heterocycles. The maximum absolute atomic E-state index is 13.4. The van der Waals surface area contributed by atoms with Crippen LogP contribution in [0.25, 0.3) is 22.2 Å². The van der Waals surface area contributed by atoms with Crippen LogP contribution in [0.5, 0.6) is 0 Å². The Morgan fingerprint density at radius 1 is 1.00 bits per heavy atom. The number of nitrogens with one attached hydrogen (secondary N) is 1. The van der Waals surface area contributed by atoms with Crippen LogP contribution in [-0.2, 0) is 0 Å². The van der Waals surface area contributed by atoms with Crippen molar-refractivity contribution in [2.75, 3.05) is 5.32 Å². The van der Waals surface area contributed by atoms with Crippen LogP contribution in [0.3, 0.4) is 0 Å². The molecule has 0 spiro atoms. The zero-order valence-electron chi connectivity index (χ0n) is 14.6. The van der Waals surface area contributed by atoms with Crippen LogP contribution in [0, 0.1) is 12.7 Å². The second-order valence-electron chi connectivity index (χ2n) is 6.20. The van der Waals surface area contributed by atoms with E-state index in [0.717, 1.165) is 10.9 Å². The van der Waals surface area contributed by atoms with E-state index in [1.54, 1.807) is 37.4 Å². The lowest BCUT2D eigenvalue weighted by atomic mass is 10.1. The predicted molar refractivity (Wildman–Crippen MR) is 104 cm³/mol. The highest BCUT2D eigenvalue weighted by atomic mass is 19.1. The van der Waals surface area contributed by atoms with Crippen molar-refractivity contribution < 1.29 is 9.18 Å². The van der Waals surface area contributed by atoms with Crippen molar-refractivity contribution in [3.05, 3.63) is 90.0 Å². The lowest BCUT2D eigenvalue weighted by Crippen LogP contribution is -2.14. The van der Waals surface area contributed by atoms with Gasteiger partial charge in [-0.1, -0.05) is 24.3 Å². The fraction of sp³-hybridized carbons (Fsp3) is 0.0455. The Morgan fingerprint density at radius 2 is 1.89 bits per heavy atom. The van der Waals surface area contributed by atoms with E-state index in [4.69, 9.17) is 0 Å². The van der Waals surface area contributed by atoms with Crippen molar-refractivity contribution in [1.29, 1.82) is 0 Å². The van der Waals surface area contributed by atoms with Gasteiger partial charge in [-0.2, -0.15) is 0 Å². The summed E-state index contributed by atoms with van der Waals surface area (Å²) < 4.78 is 13.4. The van der Waals surface area contributed by atoms with Crippen LogP contribution in [0.15, 0.2) is 72.9 Å². The fourth-order valence-electron chi connectivity index (χ4n) is 2.95. The molecular formula is C22H16FN3O. The van der Waals surface area contributed by atoms with E-state index in [9.17, 15) is 9.18 Å². The van der Waals surface area contributed by atoms with Gasteiger partial charge in [0.2, 0.25) is 0 Å². The molecule has 2 aromatic carbocycles. The molecule has 0 aliphatic carbocycles. The third-order valence-corrected chi connectivity index (χ3v) is 4.31. The first-order valence-corrected chi connectivity index (χ1v) is 8.50. The van der Waals surface area contributed by atoms with Crippen molar-refractivity contribution >= 4 is 22.5 Å². The lowest BCUT2D eigenvalue weighted by molar-refractivity contribution is 0.102. The quantitative estimate of drug-likeness (QED) is 0.561. The number of carbonyl (C=O) groups is 1. The molecule has 132 valence electrons. The van der Waals surface area contributed by atoms with Crippen LogP contribution < -0.4 is 5.32 Å². The van der Waals surface area contributed by atoms with Gasteiger partial charge in [-0.3, -0.25) is 14.8 Å². The molecule has 1 amide bonds. The molecule has 0 radical (unpaired) electrons. The van der Waals surface area contributed by atoms with Gasteiger partial charge in [0.05, 0.1) is 22.5 Å². The summed E-state index contributed by atoms with van der Waals surface area (Å²) in [7, 11) is 0. The first-order chi connectivity index (χ1) is 13.1. The zero-order valence-corrected chi connectivity index (χ0v) is 14.6. The third kappa shape index (κ3) is 3.53. The monoisotopic (exact) mass is 357 g/mol. The second kappa shape index (κ2) is 6.96. The van der Waals surface area contributed by atoms with Crippen molar-refractivity contribution in [3.63, 3.8) is 0 Å². The highest BCUT2D eigenvalue weighted by Crippen LogP contribution is 2.21. The Balaban J connectivity index is 1.59. The van der Waals surface area contributed by atoms with Crippen molar-refractivity contribution in [1.82, 2.24) is 9.97 Å². The van der Waals surface area contributed by atoms with Crippen molar-refractivity contribution in [2.45, 2.75) is 6.92 Å². The van der Waals surface area contributed by atoms with Crippen LogP contribution in [-0.4, -0.2) is 15.9 Å². The van der Waals surface area contributed by atoms with Crippen molar-refractivity contribution in [2.24, 2.45) is 0 Å². The van der Waals surface area contributed by atoms with E-state index in [1.807, 2.05) is 30.3 Å². The van der Waals surface area contributed by atoms with E-state index in [1.165, 1.54) is 12.1 Å². The Labute approximate surface area is 155 Å². The molecular weight excluding hydrogens is 341 g/mol. The number of fused-ring (bicyclic) bond motifs is 1. The highest BCUT2D eigenvalue weighted by molar-refractivity contribution is 6.05. The largest absolute Gasteiger partial charge is 0.322 e. The molecule has 0 aliphatic rings. The fourth-order valence-corrected chi connectivity index (χ4v) is 2.95. The number of nitrogens with zero attached hydrogens (tertiary/aromatic N) is 2. The van der Waals surface area contributed by atoms with E-state index in [-0.39, 0.29) is 11.7 Å². The average Bonchev–Trinajstić information content (AvgIpc) is 2.67. The predicted octanol–water partition coefficient (Wildman–Crippen LogP) is 5.00. The second-order valence-corrected chi connectivity index (χ2v) is 6.20. The summed E-state index contributed by atoms with van der Waals surface area (Å²) in [5.41, 5.74) is 3.82. The molecule has 27 heavy (non-hydrogen) atoms. The van der Waals surface area contributed by atoms with Gasteiger partial charge in [-0.15, -0.1) is 0 Å². The number of halogens is 1. The van der Waals surface area contributed by atoms with Gasteiger partial charge in [0, 0.05) is 22.8 Å². The molecule has 4 nitrogen and oxygen atoms in total. The SMILES string of the molecule is Cc1nc(-c2cccc(F)c2)ccc1C(=O)Nc1ccc2cccnc2c1. The highest BCUT2D eigenvalue weighted by Gasteiger charge is 2.12. The Hall–Kier alpha value is -3.60. The third-order valence-electron chi connectivity index (χ3n) is 4.31. The average molecular weight is 357 g/mol. The molecule has 0 bridgehead atoms. The minimum atomic E-state index is -0.321. The van der Waals surface area contributed by atoms with E-state index < -0.39 is 0 Å². The number of anilines is 1. The van der Waals surface area contributed by atoms with Gasteiger partial charge in [0.15, 0.2) is 0 Å². The lowest BCUT2D eigenvalue weighted by Gasteiger charge is -2.10. The maximum Gasteiger partial charge on any atom is 0.257 e. The zero-order chi connectivity index (χ0) is 18.8. The van der Waals surface area contributed by atoms with Gasteiger partial charge in [-0.05, 0) is 49.4 Å². The van der Waals surface area contributed by atoms with Gasteiger partial charge < -0.3 is 5.32 Å². The molecule has 2 heterocycles. The number of rotatable bonds is 3. The number of pyridine rings is 2. The summed E-state index contributed by atoms with van der Waals surface area (Å²) in [6.45, 7) is 1.76. The van der Waals surface area contributed by atoms with Crippen molar-refractivity contribution in [3.8, 4) is 11.3 Å². The Bertz CT molecular complexity index is 1160. The molecule has 0 atom stereocenters. The first kappa shape index (κ1) is 16.8. The number of carbonyl (C=O) groups excluding carboxylic acids is 1. The van der Waals surface area contributed by atoms with Crippen LogP contribution in [0.1, 0.15) is 16.1 Å². The topological polar surface area (TPSA) is 54.9 Å². The summed E-state index contributed by atoms with van der Waals surface area (Å²) in [4.78, 5) is 21.4. The summed E-state index contributed by atoms with van der Waals surface area (Å²) in [5, 5.41) is 3.89. The number of amides is 1. The smallest absolute Gasteiger partial charge is 0.257 e. The molecule has 0 saturated heterocycles. The minimum absolute atomic E-state index is 0.249. The Morgan fingerprint density at radius 3 is 2.70 bits per heavy atom. The van der Waals surface area contributed by atoms with Gasteiger partial charge in [-0.25, -0.2) is 4.39 Å². The standard InChI is InChI=1S/C22H16FN3O/c1-14-19(9-10-20(25-14)16-4-2-6-17(23)12-16)22(27)26-18-8-7-15-5-3-11-24-21(15)13-18/h2-13H,1H3,(H,26,27). The molecule has 0 saturated carbocycles. The van der Waals surface area contributed by atoms with E-state index in [2.05, 4.69) is 15.3 Å². The number of aryl methyl sites for hydroxylation is 1. The molecule has 4 aromatic rings. The van der Waals surface area contributed by atoms with Gasteiger partial charge >= 0.3 is 0 Å². The molecule has 5 heteroatoms. The molecule has 2 aromatic heterocycles. The minimum Gasteiger partial charge on any atom is -0.322 e. The number of hydrogen-bond acceptors (Lipinski definition) is 3. The van der Waals surface area contributed by atoms with Crippen LogP contribution in [0.2, 0.25) is 0 Å². The number of aromatic nitrogens is 2. The molecule has 1 N–H and O–H groups in total. The summed E-state index contributed by atoms with van der Waals surface area (Å²) in [5.74, 6) is -0.570. The van der Waals surface area contributed by atoms with Gasteiger partial charge in [0.1, 0.15) is 5.82 Å². The van der Waals surface area contributed by atoms with E-state index in [0.29, 0.717) is 28.2 Å². The van der Waals surface area contributed by atoms with Crippen LogP contribution in [0.4, 0.5) is 10.1 Å². The number of benzene rings is 2. The van der Waals surface area contributed by atoms with E-state index >= 15 is 0 Å². The van der Waals surface area contributed by atoms with Crippen LogP contribution >= 0.6 is 0 Å². The maximum atomic E-state index is 13.4.